The average molecular weight is 325 g/mol. The second kappa shape index (κ2) is 8.24. The first-order valence-electron chi connectivity index (χ1n) is 7.70. The van der Waals surface area contributed by atoms with Gasteiger partial charge in [0.15, 0.2) is 5.13 Å². The van der Waals surface area contributed by atoms with Crippen molar-refractivity contribution in [3.05, 3.63) is 11.1 Å². The number of thiazole rings is 1. The molecule has 1 saturated heterocycles. The summed E-state index contributed by atoms with van der Waals surface area (Å²) in [5.74, 6) is -0.208. The van der Waals surface area contributed by atoms with E-state index in [1.807, 2.05) is 19.2 Å². The van der Waals surface area contributed by atoms with Crippen molar-refractivity contribution >= 4 is 28.3 Å². The van der Waals surface area contributed by atoms with Crippen LogP contribution in [0.4, 0.5) is 5.13 Å². The monoisotopic (exact) mass is 325 g/mol. The summed E-state index contributed by atoms with van der Waals surface area (Å²) in [5, 5.41) is 5.20. The zero-order valence-electron chi connectivity index (χ0n) is 13.1. The zero-order chi connectivity index (χ0) is 15.9. The third-order valence-corrected chi connectivity index (χ3v) is 4.34. The lowest BCUT2D eigenvalue weighted by atomic mass is 10.2. The highest BCUT2D eigenvalue weighted by Gasteiger charge is 2.24. The molecule has 1 fully saturated rings. The highest BCUT2D eigenvalue weighted by Crippen LogP contribution is 2.16. The molecule has 1 unspecified atom stereocenters. The first-order valence-corrected chi connectivity index (χ1v) is 8.57. The molecule has 0 spiro atoms. The van der Waals surface area contributed by atoms with Gasteiger partial charge in [0.25, 0.3) is 0 Å². The van der Waals surface area contributed by atoms with Crippen LogP contribution < -0.4 is 5.32 Å². The van der Waals surface area contributed by atoms with E-state index in [-0.39, 0.29) is 24.5 Å². The van der Waals surface area contributed by atoms with Crippen LogP contribution >= 0.6 is 11.3 Å². The molecular formula is C15H23N3O3S. The number of carbonyl (C=O) groups excluding carboxylic acids is 2. The van der Waals surface area contributed by atoms with Gasteiger partial charge < -0.3 is 15.0 Å². The summed E-state index contributed by atoms with van der Waals surface area (Å²) in [5.41, 5.74) is 0.874. The van der Waals surface area contributed by atoms with Gasteiger partial charge in [-0.3, -0.25) is 9.59 Å². The quantitative estimate of drug-likeness (QED) is 0.834. The van der Waals surface area contributed by atoms with Crippen molar-refractivity contribution < 1.29 is 14.3 Å². The predicted octanol–water partition coefficient (Wildman–Crippen LogP) is 2.20. The Kier molecular flexibility index (Phi) is 6.33. The van der Waals surface area contributed by atoms with Gasteiger partial charge in [0.2, 0.25) is 11.8 Å². The lowest BCUT2D eigenvalue weighted by molar-refractivity contribution is -0.136. The number of rotatable bonds is 7. The van der Waals surface area contributed by atoms with E-state index in [9.17, 15) is 9.59 Å². The summed E-state index contributed by atoms with van der Waals surface area (Å²) in [6.45, 7) is 5.12. The summed E-state index contributed by atoms with van der Waals surface area (Å²) in [6.07, 6.45) is 3.24. The van der Waals surface area contributed by atoms with Gasteiger partial charge in [-0.25, -0.2) is 4.98 Å². The molecule has 0 radical (unpaired) electrons. The van der Waals surface area contributed by atoms with Gasteiger partial charge in [0.1, 0.15) is 6.54 Å². The third-order valence-electron chi connectivity index (χ3n) is 3.46. The SMILES string of the molecule is CCCC(=O)N(CC(=O)Nc1nc(C)cs1)CC1CCCO1. The minimum atomic E-state index is -0.211. The number of amides is 2. The number of aryl methyl sites for hydroxylation is 1. The van der Waals surface area contributed by atoms with Crippen LogP contribution in [0.2, 0.25) is 0 Å². The third kappa shape index (κ3) is 5.06. The van der Waals surface area contributed by atoms with E-state index in [0.29, 0.717) is 18.1 Å². The van der Waals surface area contributed by atoms with E-state index >= 15 is 0 Å². The number of ether oxygens (including phenoxy) is 1. The van der Waals surface area contributed by atoms with Crippen molar-refractivity contribution in [2.45, 2.75) is 45.6 Å². The molecule has 7 heteroatoms. The fraction of sp³-hybridized carbons (Fsp3) is 0.667. The molecule has 0 aliphatic carbocycles. The van der Waals surface area contributed by atoms with Crippen molar-refractivity contribution in [2.24, 2.45) is 0 Å². The first-order chi connectivity index (χ1) is 10.6. The van der Waals surface area contributed by atoms with E-state index in [2.05, 4.69) is 10.3 Å². The number of nitrogens with zero attached hydrogens (tertiary/aromatic N) is 2. The van der Waals surface area contributed by atoms with E-state index in [0.717, 1.165) is 31.6 Å². The van der Waals surface area contributed by atoms with E-state index in [1.54, 1.807) is 4.90 Å². The lowest BCUT2D eigenvalue weighted by Crippen LogP contribution is -2.42. The van der Waals surface area contributed by atoms with Crippen LogP contribution in [-0.4, -0.2) is 47.5 Å². The van der Waals surface area contributed by atoms with Crippen LogP contribution in [0.25, 0.3) is 0 Å². The number of carbonyl (C=O) groups is 2. The molecule has 6 nitrogen and oxygen atoms in total. The van der Waals surface area contributed by atoms with E-state index < -0.39 is 0 Å². The normalized spacial score (nSPS) is 17.5. The van der Waals surface area contributed by atoms with Gasteiger partial charge in [0.05, 0.1) is 11.8 Å². The summed E-state index contributed by atoms with van der Waals surface area (Å²) >= 11 is 1.39. The van der Waals surface area contributed by atoms with Crippen LogP contribution in [0.5, 0.6) is 0 Å². The van der Waals surface area contributed by atoms with Crippen LogP contribution in [0, 0.1) is 6.92 Å². The van der Waals surface area contributed by atoms with Gasteiger partial charge in [0, 0.05) is 25.0 Å². The van der Waals surface area contributed by atoms with Crippen molar-refractivity contribution in [2.75, 3.05) is 25.0 Å². The first kappa shape index (κ1) is 16.9. The second-order valence-electron chi connectivity index (χ2n) is 5.50. The fourth-order valence-electron chi connectivity index (χ4n) is 2.40. The molecule has 122 valence electrons. The van der Waals surface area contributed by atoms with E-state index in [1.165, 1.54) is 11.3 Å². The smallest absolute Gasteiger partial charge is 0.245 e. The topological polar surface area (TPSA) is 71.5 Å². The Morgan fingerprint density at radius 3 is 2.95 bits per heavy atom. The highest BCUT2D eigenvalue weighted by molar-refractivity contribution is 7.13. The molecule has 2 rings (SSSR count). The Balaban J connectivity index is 1.91. The highest BCUT2D eigenvalue weighted by atomic mass is 32.1. The van der Waals surface area contributed by atoms with Gasteiger partial charge in [-0.1, -0.05) is 6.92 Å². The van der Waals surface area contributed by atoms with Crippen LogP contribution in [-0.2, 0) is 14.3 Å². The zero-order valence-corrected chi connectivity index (χ0v) is 13.9. The molecule has 1 aliphatic rings. The van der Waals surface area contributed by atoms with Gasteiger partial charge in [-0.15, -0.1) is 11.3 Å². The molecule has 1 atom stereocenters. The Morgan fingerprint density at radius 2 is 2.36 bits per heavy atom. The van der Waals surface area contributed by atoms with Gasteiger partial charge >= 0.3 is 0 Å². The molecule has 2 heterocycles. The van der Waals surface area contributed by atoms with E-state index in [4.69, 9.17) is 4.74 Å². The molecular weight excluding hydrogens is 302 g/mol. The molecule has 0 aromatic carbocycles. The van der Waals surface area contributed by atoms with Crippen LogP contribution in [0.15, 0.2) is 5.38 Å². The largest absolute Gasteiger partial charge is 0.376 e. The molecule has 1 N–H and O–H groups in total. The average Bonchev–Trinajstić information content (AvgIpc) is 3.10. The second-order valence-corrected chi connectivity index (χ2v) is 6.36. The summed E-state index contributed by atoms with van der Waals surface area (Å²) in [7, 11) is 0. The Bertz CT molecular complexity index is 512. The standard InChI is InChI=1S/C15H23N3O3S/c1-3-5-14(20)18(8-12-6-4-7-21-12)9-13(19)17-15-16-11(2)10-22-15/h10,12H,3-9H2,1-2H3,(H,16,17,19). The Hall–Kier alpha value is -1.47. The molecule has 1 aromatic rings. The lowest BCUT2D eigenvalue weighted by Gasteiger charge is -2.24. The van der Waals surface area contributed by atoms with Crippen molar-refractivity contribution in [3.8, 4) is 0 Å². The Labute approximate surface area is 134 Å². The fourth-order valence-corrected chi connectivity index (χ4v) is 3.11. The summed E-state index contributed by atoms with van der Waals surface area (Å²) < 4.78 is 5.58. The van der Waals surface area contributed by atoms with Crippen LogP contribution in [0.1, 0.15) is 38.3 Å². The maximum absolute atomic E-state index is 12.2. The van der Waals surface area contributed by atoms with Crippen molar-refractivity contribution in [3.63, 3.8) is 0 Å². The van der Waals surface area contributed by atoms with Crippen molar-refractivity contribution in [1.82, 2.24) is 9.88 Å². The molecule has 1 aliphatic heterocycles. The number of aromatic nitrogens is 1. The number of nitrogens with one attached hydrogen (secondary N) is 1. The number of anilines is 1. The van der Waals surface area contributed by atoms with Gasteiger partial charge in [-0.2, -0.15) is 0 Å². The number of hydrogen-bond acceptors (Lipinski definition) is 5. The van der Waals surface area contributed by atoms with Crippen LogP contribution in [0.3, 0.4) is 0 Å². The Morgan fingerprint density at radius 1 is 1.55 bits per heavy atom. The minimum absolute atomic E-state index is 0.00321. The summed E-state index contributed by atoms with van der Waals surface area (Å²) in [6, 6.07) is 0. The molecule has 0 saturated carbocycles. The maximum atomic E-state index is 12.2. The minimum Gasteiger partial charge on any atom is -0.376 e. The molecule has 1 aromatic heterocycles. The molecule has 0 bridgehead atoms. The van der Waals surface area contributed by atoms with Gasteiger partial charge in [-0.05, 0) is 26.2 Å². The predicted molar refractivity (Wildman–Crippen MR) is 85.9 cm³/mol. The molecule has 22 heavy (non-hydrogen) atoms. The maximum Gasteiger partial charge on any atom is 0.245 e. The van der Waals surface area contributed by atoms with Crippen molar-refractivity contribution in [1.29, 1.82) is 0 Å². The summed E-state index contributed by atoms with van der Waals surface area (Å²) in [4.78, 5) is 30.1. The molecule has 2 amide bonds. The number of hydrogen-bond donors (Lipinski definition) is 1.